The van der Waals surface area contributed by atoms with Gasteiger partial charge in [-0.25, -0.2) is 0 Å². The molecule has 0 radical (unpaired) electrons. The molecule has 0 amide bonds. The van der Waals surface area contributed by atoms with Crippen LogP contribution in [0.3, 0.4) is 0 Å². The molecule has 0 aliphatic heterocycles. The molecule has 0 unspecified atom stereocenters. The number of pyridine rings is 2. The van der Waals surface area contributed by atoms with E-state index in [2.05, 4.69) is 54.4 Å². The van der Waals surface area contributed by atoms with Crippen molar-refractivity contribution in [1.82, 2.24) is 9.97 Å². The van der Waals surface area contributed by atoms with Gasteiger partial charge in [0.05, 0.1) is 0 Å². The van der Waals surface area contributed by atoms with Crippen LogP contribution in [0.25, 0.3) is 22.3 Å². The fraction of sp³-hybridized carbons (Fsp3) is 0.0909. The monoisotopic (exact) mass is 406 g/mol. The molecule has 0 bridgehead atoms. The van der Waals surface area contributed by atoms with E-state index in [0.717, 1.165) is 33.6 Å². The number of aryl methyl sites for hydroxylation is 1. The molecule has 0 saturated carbocycles. The van der Waals surface area contributed by atoms with Crippen molar-refractivity contribution in [3.05, 3.63) is 78.5 Å². The number of aromatic nitrogens is 2. The third-order valence-corrected chi connectivity index (χ3v) is 6.36. The van der Waals surface area contributed by atoms with E-state index in [1.807, 2.05) is 30.5 Å². The number of hydrogen-bond donors (Lipinski definition) is 0. The van der Waals surface area contributed by atoms with E-state index in [-0.39, 0.29) is 15.0 Å². The van der Waals surface area contributed by atoms with Gasteiger partial charge in [-0.2, -0.15) is 0 Å². The summed E-state index contributed by atoms with van der Waals surface area (Å²) < 4.78 is 7.91. The van der Waals surface area contributed by atoms with Gasteiger partial charge in [0, 0.05) is 0 Å². The number of benzene rings is 2. The van der Waals surface area contributed by atoms with Gasteiger partial charge < -0.3 is 0 Å². The number of ether oxygens (including phenoxy) is 1. The van der Waals surface area contributed by atoms with E-state index in [4.69, 9.17) is 9.72 Å². The summed E-state index contributed by atoms with van der Waals surface area (Å²) in [6.07, 6.45) is 1.88. The Bertz CT molecular complexity index is 1050. The molecule has 4 rings (SSSR count). The van der Waals surface area contributed by atoms with Gasteiger partial charge in [0.15, 0.2) is 0 Å². The molecule has 128 valence electrons. The molecule has 4 aromatic rings. The zero-order valence-electron chi connectivity index (χ0n) is 14.6. The fourth-order valence-corrected chi connectivity index (χ4v) is 4.84. The summed E-state index contributed by atoms with van der Waals surface area (Å²) in [6, 6.07) is 23.0. The average molecular weight is 405 g/mol. The predicted octanol–water partition coefficient (Wildman–Crippen LogP) is 3.27. The Balaban J connectivity index is 1.85. The van der Waals surface area contributed by atoms with Crippen LogP contribution in [0.15, 0.2) is 72.9 Å². The summed E-state index contributed by atoms with van der Waals surface area (Å²) in [6.45, 7) is 2.07. The molecular weight excluding hydrogens is 387 g/mol. The minimum absolute atomic E-state index is 0.194. The van der Waals surface area contributed by atoms with E-state index in [1.165, 1.54) is 8.92 Å². The summed E-state index contributed by atoms with van der Waals surface area (Å²) in [7, 11) is 1.68. The first-order valence-electron chi connectivity index (χ1n) is 8.38. The van der Waals surface area contributed by atoms with E-state index >= 15 is 0 Å². The van der Waals surface area contributed by atoms with Crippen molar-refractivity contribution in [1.29, 1.82) is 0 Å². The standard InChI is InChI=1S/C22H18N2OSe/c1-15-12-19-21(26-18-6-4-3-5-7-18)13-20(24-22(19)23-14-15)16-8-10-17(25-2)11-9-16/h3-14H,1-2H3. The van der Waals surface area contributed by atoms with Crippen LogP contribution in [-0.2, 0) is 0 Å². The average Bonchev–Trinajstić information content (AvgIpc) is 2.69. The van der Waals surface area contributed by atoms with E-state index < -0.39 is 0 Å². The Hall–Kier alpha value is -2.68. The zero-order chi connectivity index (χ0) is 17.9. The zero-order valence-corrected chi connectivity index (χ0v) is 16.4. The third kappa shape index (κ3) is 3.48. The summed E-state index contributed by atoms with van der Waals surface area (Å²) in [5.74, 6) is 0.844. The second-order valence-corrected chi connectivity index (χ2v) is 8.37. The molecular formula is C22H18N2OSe. The van der Waals surface area contributed by atoms with Crippen LogP contribution in [0.1, 0.15) is 5.56 Å². The van der Waals surface area contributed by atoms with Crippen LogP contribution >= 0.6 is 0 Å². The van der Waals surface area contributed by atoms with Gasteiger partial charge in [0.2, 0.25) is 0 Å². The van der Waals surface area contributed by atoms with Crippen molar-refractivity contribution in [3.63, 3.8) is 0 Å². The number of hydrogen-bond acceptors (Lipinski definition) is 3. The summed E-state index contributed by atoms with van der Waals surface area (Å²) in [5, 5.41) is 1.14. The first-order valence-corrected chi connectivity index (χ1v) is 10.1. The Morgan fingerprint density at radius 3 is 2.42 bits per heavy atom. The Morgan fingerprint density at radius 2 is 1.69 bits per heavy atom. The van der Waals surface area contributed by atoms with Gasteiger partial charge in [-0.3, -0.25) is 0 Å². The predicted molar refractivity (Wildman–Crippen MR) is 108 cm³/mol. The normalized spacial score (nSPS) is 10.8. The summed E-state index contributed by atoms with van der Waals surface area (Å²) in [4.78, 5) is 9.38. The number of methoxy groups -OCH3 is 1. The quantitative estimate of drug-likeness (QED) is 0.489. The van der Waals surface area contributed by atoms with Gasteiger partial charge in [-0.15, -0.1) is 0 Å². The topological polar surface area (TPSA) is 35.0 Å². The maximum atomic E-state index is 5.26. The van der Waals surface area contributed by atoms with Gasteiger partial charge >= 0.3 is 159 Å². The minimum atomic E-state index is 0.194. The molecule has 0 fully saturated rings. The summed E-state index contributed by atoms with van der Waals surface area (Å²) >= 11 is 0.194. The van der Waals surface area contributed by atoms with Crippen LogP contribution in [-0.4, -0.2) is 32.0 Å². The van der Waals surface area contributed by atoms with Crippen LogP contribution < -0.4 is 13.7 Å². The Kier molecular flexibility index (Phi) is 4.70. The molecule has 0 aliphatic carbocycles. The van der Waals surface area contributed by atoms with Gasteiger partial charge in [0.1, 0.15) is 0 Å². The van der Waals surface area contributed by atoms with Gasteiger partial charge in [-0.1, -0.05) is 0 Å². The molecule has 2 aromatic heterocycles. The number of nitrogens with zero attached hydrogens (tertiary/aromatic N) is 2. The van der Waals surface area contributed by atoms with Gasteiger partial charge in [-0.05, 0) is 0 Å². The first-order chi connectivity index (χ1) is 12.7. The van der Waals surface area contributed by atoms with Gasteiger partial charge in [0.25, 0.3) is 0 Å². The van der Waals surface area contributed by atoms with Crippen LogP contribution in [0.4, 0.5) is 0 Å². The van der Waals surface area contributed by atoms with E-state index in [1.54, 1.807) is 7.11 Å². The summed E-state index contributed by atoms with van der Waals surface area (Å²) in [5.41, 5.74) is 3.97. The Labute approximate surface area is 159 Å². The molecule has 0 N–H and O–H groups in total. The number of fused-ring (bicyclic) bond motifs is 1. The molecule has 26 heavy (non-hydrogen) atoms. The molecule has 2 heterocycles. The molecule has 0 spiro atoms. The molecule has 0 atom stereocenters. The number of rotatable bonds is 4. The molecule has 4 heteroatoms. The van der Waals surface area contributed by atoms with Crippen molar-refractivity contribution in [2.24, 2.45) is 0 Å². The third-order valence-electron chi connectivity index (χ3n) is 4.12. The molecule has 3 nitrogen and oxygen atoms in total. The van der Waals surface area contributed by atoms with Crippen molar-refractivity contribution in [3.8, 4) is 17.0 Å². The van der Waals surface area contributed by atoms with Crippen LogP contribution in [0.2, 0.25) is 0 Å². The molecule has 0 saturated heterocycles. The van der Waals surface area contributed by atoms with E-state index in [0.29, 0.717) is 0 Å². The SMILES string of the molecule is COc1ccc(-c2cc([Se]c3ccccc3)c3cc(C)cnc3n2)cc1. The van der Waals surface area contributed by atoms with Crippen molar-refractivity contribution >= 4 is 34.9 Å². The Morgan fingerprint density at radius 1 is 0.923 bits per heavy atom. The van der Waals surface area contributed by atoms with Crippen molar-refractivity contribution < 1.29 is 4.74 Å². The fourth-order valence-electron chi connectivity index (χ4n) is 2.79. The van der Waals surface area contributed by atoms with Crippen molar-refractivity contribution in [2.45, 2.75) is 6.92 Å². The maximum absolute atomic E-state index is 5.26. The first kappa shape index (κ1) is 16.8. The second-order valence-electron chi connectivity index (χ2n) is 6.03. The van der Waals surface area contributed by atoms with Crippen molar-refractivity contribution in [2.75, 3.05) is 7.11 Å². The van der Waals surface area contributed by atoms with Crippen LogP contribution in [0.5, 0.6) is 5.75 Å². The van der Waals surface area contributed by atoms with Crippen LogP contribution in [0, 0.1) is 6.92 Å². The van der Waals surface area contributed by atoms with E-state index in [9.17, 15) is 0 Å². The molecule has 0 aliphatic rings. The molecule has 2 aromatic carbocycles. The second kappa shape index (κ2) is 7.28.